The van der Waals surface area contributed by atoms with Gasteiger partial charge in [-0.15, -0.1) is 0 Å². The number of aromatic amines is 1. The van der Waals surface area contributed by atoms with Crippen LogP contribution in [0.3, 0.4) is 0 Å². The van der Waals surface area contributed by atoms with Crippen molar-refractivity contribution in [3.05, 3.63) is 76.3 Å². The van der Waals surface area contributed by atoms with E-state index in [1.54, 1.807) is 24.5 Å². The van der Waals surface area contributed by atoms with Crippen molar-refractivity contribution >= 4 is 16.0 Å². The molecule has 0 aliphatic rings. The molecule has 27 heavy (non-hydrogen) atoms. The van der Waals surface area contributed by atoms with Gasteiger partial charge in [0.15, 0.2) is 0 Å². The van der Waals surface area contributed by atoms with E-state index in [0.717, 1.165) is 22.9 Å². The van der Waals surface area contributed by atoms with E-state index in [-0.39, 0.29) is 12.1 Å². The number of nitrogens with zero attached hydrogens (tertiary/aromatic N) is 2. The van der Waals surface area contributed by atoms with Gasteiger partial charge in [0.1, 0.15) is 0 Å². The van der Waals surface area contributed by atoms with E-state index in [1.165, 1.54) is 6.07 Å². The summed E-state index contributed by atoms with van der Waals surface area (Å²) in [6, 6.07) is 12.5. The number of H-pyrrole nitrogens is 1. The summed E-state index contributed by atoms with van der Waals surface area (Å²) in [5.41, 5.74) is 2.86. The average molecular weight is 385 g/mol. The average Bonchev–Trinajstić information content (AvgIpc) is 2.65. The van der Waals surface area contributed by atoms with E-state index in [9.17, 15) is 13.2 Å². The molecule has 0 amide bonds. The molecule has 0 saturated carbocycles. The molecule has 2 aromatic heterocycles. The van der Waals surface area contributed by atoms with Crippen LogP contribution in [0.4, 0.5) is 5.95 Å². The molecule has 0 atom stereocenters. The molecule has 0 aliphatic heterocycles. The maximum Gasteiger partial charge on any atom is 0.252 e. The van der Waals surface area contributed by atoms with Crippen LogP contribution in [0.1, 0.15) is 11.1 Å². The number of sulfonamides is 1. The Morgan fingerprint density at radius 3 is 2.44 bits per heavy atom. The predicted octanol–water partition coefficient (Wildman–Crippen LogP) is 1.49. The van der Waals surface area contributed by atoms with Gasteiger partial charge in [-0.1, -0.05) is 24.3 Å². The number of aromatic nitrogens is 3. The lowest BCUT2D eigenvalue weighted by Crippen LogP contribution is -2.21. The molecule has 8 nitrogen and oxygen atoms in total. The van der Waals surface area contributed by atoms with Crippen molar-refractivity contribution in [3.8, 4) is 11.3 Å². The van der Waals surface area contributed by atoms with Gasteiger partial charge >= 0.3 is 0 Å². The third-order valence-corrected chi connectivity index (χ3v) is 4.38. The zero-order valence-electron chi connectivity index (χ0n) is 14.6. The van der Waals surface area contributed by atoms with Crippen molar-refractivity contribution in [2.75, 3.05) is 11.6 Å². The Morgan fingerprint density at radius 2 is 1.74 bits per heavy atom. The number of hydrogen-bond acceptors (Lipinski definition) is 6. The summed E-state index contributed by atoms with van der Waals surface area (Å²) in [5, 5.41) is 3.09. The van der Waals surface area contributed by atoms with Crippen LogP contribution in [-0.2, 0) is 23.1 Å². The van der Waals surface area contributed by atoms with Gasteiger partial charge in [0.2, 0.25) is 16.0 Å². The maximum absolute atomic E-state index is 11.9. The fraction of sp³-hybridized carbons (Fsp3) is 0.167. The molecular formula is C18H19N5O3S. The monoisotopic (exact) mass is 385 g/mol. The molecule has 0 radical (unpaired) electrons. The minimum Gasteiger partial charge on any atom is -0.352 e. The van der Waals surface area contributed by atoms with Crippen LogP contribution in [-0.4, -0.2) is 29.6 Å². The zero-order chi connectivity index (χ0) is 19.3. The second kappa shape index (κ2) is 8.11. The topological polar surface area (TPSA) is 117 Å². The second-order valence-corrected chi connectivity index (χ2v) is 7.81. The van der Waals surface area contributed by atoms with Gasteiger partial charge in [0.05, 0.1) is 11.9 Å². The molecule has 0 unspecified atom stereocenters. The molecule has 0 spiro atoms. The Labute approximate surface area is 156 Å². The van der Waals surface area contributed by atoms with Gasteiger partial charge in [-0.05, 0) is 23.3 Å². The molecule has 140 valence electrons. The molecule has 9 heteroatoms. The summed E-state index contributed by atoms with van der Waals surface area (Å²) < 4.78 is 24.9. The van der Waals surface area contributed by atoms with Crippen LogP contribution in [0, 0.1) is 0 Å². The SMILES string of the molecule is CS(=O)(=O)NCc1cccc(CNc2nc(-c3ccncc3)cc(=O)[nH]2)c1. The van der Waals surface area contributed by atoms with E-state index >= 15 is 0 Å². The Morgan fingerprint density at radius 1 is 1.04 bits per heavy atom. The highest BCUT2D eigenvalue weighted by molar-refractivity contribution is 7.88. The van der Waals surface area contributed by atoms with Crippen molar-refractivity contribution in [2.45, 2.75) is 13.1 Å². The lowest BCUT2D eigenvalue weighted by Gasteiger charge is -2.09. The molecule has 0 saturated heterocycles. The number of pyridine rings is 1. The van der Waals surface area contributed by atoms with Gasteiger partial charge in [-0.3, -0.25) is 14.8 Å². The molecule has 0 aliphatic carbocycles. The molecule has 3 N–H and O–H groups in total. The van der Waals surface area contributed by atoms with Gasteiger partial charge < -0.3 is 5.32 Å². The first-order valence-corrected chi connectivity index (χ1v) is 10.1. The molecule has 2 heterocycles. The van der Waals surface area contributed by atoms with E-state index in [1.807, 2.05) is 24.3 Å². The smallest absolute Gasteiger partial charge is 0.252 e. The van der Waals surface area contributed by atoms with Crippen LogP contribution in [0.5, 0.6) is 0 Å². The van der Waals surface area contributed by atoms with E-state index in [0.29, 0.717) is 18.2 Å². The van der Waals surface area contributed by atoms with Crippen molar-refractivity contribution in [3.63, 3.8) is 0 Å². The van der Waals surface area contributed by atoms with Crippen molar-refractivity contribution in [2.24, 2.45) is 0 Å². The minimum atomic E-state index is -3.25. The van der Waals surface area contributed by atoms with Crippen LogP contribution >= 0.6 is 0 Å². The molecule has 3 aromatic rings. The lowest BCUT2D eigenvalue weighted by atomic mass is 10.1. The quantitative estimate of drug-likeness (QED) is 0.567. The Kier molecular flexibility index (Phi) is 5.63. The first-order chi connectivity index (χ1) is 12.9. The normalized spacial score (nSPS) is 11.3. The summed E-state index contributed by atoms with van der Waals surface area (Å²) >= 11 is 0. The first-order valence-electron chi connectivity index (χ1n) is 8.17. The number of rotatable bonds is 7. The summed E-state index contributed by atoms with van der Waals surface area (Å²) in [5.74, 6) is 0.356. The molecule has 3 rings (SSSR count). The lowest BCUT2D eigenvalue weighted by molar-refractivity contribution is 0.587. The summed E-state index contributed by atoms with van der Waals surface area (Å²) in [6.07, 6.45) is 4.40. The molecular weight excluding hydrogens is 366 g/mol. The van der Waals surface area contributed by atoms with Crippen LogP contribution < -0.4 is 15.6 Å². The van der Waals surface area contributed by atoms with Crippen molar-refractivity contribution < 1.29 is 8.42 Å². The third kappa shape index (κ3) is 5.73. The Hall–Kier alpha value is -3.04. The first kappa shape index (κ1) is 18.7. The van der Waals surface area contributed by atoms with Crippen molar-refractivity contribution in [1.29, 1.82) is 0 Å². The van der Waals surface area contributed by atoms with Crippen molar-refractivity contribution in [1.82, 2.24) is 19.7 Å². The maximum atomic E-state index is 11.9. The zero-order valence-corrected chi connectivity index (χ0v) is 15.5. The summed E-state index contributed by atoms with van der Waals surface area (Å²) in [6.45, 7) is 0.648. The minimum absolute atomic E-state index is 0.222. The summed E-state index contributed by atoms with van der Waals surface area (Å²) in [7, 11) is -3.25. The number of anilines is 1. The number of benzene rings is 1. The highest BCUT2D eigenvalue weighted by Gasteiger charge is 2.05. The van der Waals surface area contributed by atoms with E-state index < -0.39 is 10.0 Å². The molecule has 0 fully saturated rings. The second-order valence-electron chi connectivity index (χ2n) is 5.98. The Balaban J connectivity index is 1.72. The standard InChI is InChI=1S/C18H19N5O3S/c1-27(25,26)21-12-14-4-2-3-13(9-14)11-20-18-22-16(10-17(24)23-18)15-5-7-19-8-6-15/h2-10,21H,11-12H2,1H3,(H2,20,22,23,24). The Bertz CT molecular complexity index is 1080. The van der Waals surface area contributed by atoms with Crippen LogP contribution in [0.15, 0.2) is 59.7 Å². The molecule has 1 aromatic carbocycles. The van der Waals surface area contributed by atoms with Crippen LogP contribution in [0.2, 0.25) is 0 Å². The number of nitrogens with one attached hydrogen (secondary N) is 3. The molecule has 0 bridgehead atoms. The highest BCUT2D eigenvalue weighted by atomic mass is 32.2. The third-order valence-electron chi connectivity index (χ3n) is 3.71. The van der Waals surface area contributed by atoms with Gasteiger partial charge in [0.25, 0.3) is 5.56 Å². The van der Waals surface area contributed by atoms with Gasteiger partial charge in [-0.25, -0.2) is 18.1 Å². The predicted molar refractivity (Wildman–Crippen MR) is 104 cm³/mol. The number of hydrogen-bond donors (Lipinski definition) is 3. The fourth-order valence-electron chi connectivity index (χ4n) is 2.46. The van der Waals surface area contributed by atoms with Gasteiger partial charge in [-0.2, -0.15) is 0 Å². The largest absolute Gasteiger partial charge is 0.352 e. The van der Waals surface area contributed by atoms with Gasteiger partial charge in [0, 0.05) is 37.1 Å². The van der Waals surface area contributed by atoms with E-state index in [2.05, 4.69) is 25.0 Å². The van der Waals surface area contributed by atoms with Crippen LogP contribution in [0.25, 0.3) is 11.3 Å². The summed E-state index contributed by atoms with van der Waals surface area (Å²) in [4.78, 5) is 23.0. The highest BCUT2D eigenvalue weighted by Crippen LogP contribution is 2.15. The fourth-order valence-corrected chi connectivity index (χ4v) is 2.89. The van der Waals surface area contributed by atoms with E-state index in [4.69, 9.17) is 0 Å².